The van der Waals surface area contributed by atoms with Gasteiger partial charge >= 0.3 is 17.9 Å². The van der Waals surface area contributed by atoms with Gasteiger partial charge in [-0.3, -0.25) is 19.4 Å². The zero-order valence-corrected chi connectivity index (χ0v) is 37.7. The smallest absolute Gasteiger partial charge is 0.344 e. The van der Waals surface area contributed by atoms with Crippen LogP contribution in [-0.4, -0.2) is 133 Å². The van der Waals surface area contributed by atoms with Crippen molar-refractivity contribution < 1.29 is 43.5 Å². The molecule has 0 radical (unpaired) electrons. The number of piperidine rings is 1. The lowest BCUT2D eigenvalue weighted by Crippen LogP contribution is -2.81. The van der Waals surface area contributed by atoms with E-state index in [1.807, 2.05) is 43.1 Å². The monoisotopic (exact) mass is 864 g/mol. The molecule has 13 nitrogen and oxygen atoms in total. The summed E-state index contributed by atoms with van der Waals surface area (Å²) in [5, 5.41) is 26.7. The normalized spacial score (nSPS) is 37.0. The van der Waals surface area contributed by atoms with Crippen LogP contribution in [0.15, 0.2) is 48.6 Å². The number of H-pyrrole nitrogens is 1. The van der Waals surface area contributed by atoms with E-state index in [2.05, 4.69) is 46.0 Å². The summed E-state index contributed by atoms with van der Waals surface area (Å²) in [4.78, 5) is 54.9. The second-order valence-corrected chi connectivity index (χ2v) is 20.0. The summed E-state index contributed by atoms with van der Waals surface area (Å²) in [7, 11) is 6.25. The van der Waals surface area contributed by atoms with E-state index in [0.29, 0.717) is 95.4 Å². The lowest BCUT2D eigenvalue weighted by Gasteiger charge is -2.63. The molecule has 2 saturated carbocycles. The van der Waals surface area contributed by atoms with Gasteiger partial charge in [0.15, 0.2) is 6.10 Å². The van der Waals surface area contributed by atoms with Crippen LogP contribution in [0, 0.1) is 17.3 Å². The van der Waals surface area contributed by atoms with Gasteiger partial charge in [-0.1, -0.05) is 57.0 Å². The van der Waals surface area contributed by atoms with Gasteiger partial charge in [-0.05, 0) is 87.1 Å². The number of esters is 3. The Morgan fingerprint density at radius 2 is 1.68 bits per heavy atom. The minimum absolute atomic E-state index is 0.0979. The van der Waals surface area contributed by atoms with E-state index in [9.17, 15) is 19.8 Å². The van der Waals surface area contributed by atoms with Crippen molar-refractivity contribution in [2.75, 3.05) is 66.0 Å². The summed E-state index contributed by atoms with van der Waals surface area (Å²) >= 11 is 0. The summed E-state index contributed by atoms with van der Waals surface area (Å²) in [5.74, 6) is -1.59. The Balaban J connectivity index is 1.25. The van der Waals surface area contributed by atoms with Gasteiger partial charge in [-0.25, -0.2) is 4.79 Å². The van der Waals surface area contributed by atoms with Crippen LogP contribution in [0.3, 0.4) is 0 Å². The number of nitrogens with zero attached hydrogens (tertiary/aromatic N) is 3. The molecule has 2 aromatic carbocycles. The van der Waals surface area contributed by atoms with E-state index < -0.39 is 51.5 Å². The number of rotatable bonds is 8. The quantitative estimate of drug-likeness (QED) is 0.156. The Bertz CT molecular complexity index is 2380. The number of benzene rings is 2. The second-order valence-electron chi connectivity index (χ2n) is 20.0. The number of para-hydroxylation sites is 1. The van der Waals surface area contributed by atoms with Gasteiger partial charge in [-0.15, -0.1) is 0 Å². The molecular weight excluding hydrogens is 801 g/mol. The number of carbonyl (C=O) groups is 3. The summed E-state index contributed by atoms with van der Waals surface area (Å²) in [6.45, 7) is 7.40. The third-order valence-electron chi connectivity index (χ3n) is 17.2. The number of anilines is 1. The van der Waals surface area contributed by atoms with Gasteiger partial charge in [0, 0.05) is 84.0 Å². The SMILES string of the molecule is CCC1(O)CC2CN(CCc3c([nH]c4ccccc34)C(C(=O)OC)(c3cc4c(cc3OC)N(C)C3C(O)(C(=O)OC)C(OC(=O)C5CCCC5)C5(CC)C=CCN6CCC43C65)C2)C1. The molecule has 6 heterocycles. The average molecular weight is 865 g/mol. The molecule has 7 aliphatic rings. The summed E-state index contributed by atoms with van der Waals surface area (Å²) in [6.07, 6.45) is 9.39. The van der Waals surface area contributed by atoms with Crippen LogP contribution in [0.4, 0.5) is 5.69 Å². The molecular formula is C50H64N4O9. The molecule has 3 aromatic rings. The van der Waals surface area contributed by atoms with E-state index in [4.69, 9.17) is 18.9 Å². The number of aliphatic hydroxyl groups is 2. The number of likely N-dealkylation sites (N-methyl/N-ethyl adjacent to an activating group) is 1. The zero-order valence-electron chi connectivity index (χ0n) is 37.7. The maximum absolute atomic E-state index is 15.4. The lowest BCUT2D eigenvalue weighted by molar-refractivity contribution is -0.231. The van der Waals surface area contributed by atoms with Crippen LogP contribution in [-0.2, 0) is 45.8 Å². The number of hydrogen-bond donors (Lipinski definition) is 3. The molecule has 1 aromatic heterocycles. The molecule has 4 fully saturated rings. The molecule has 2 aliphatic carbocycles. The lowest BCUT2D eigenvalue weighted by atomic mass is 9.47. The predicted octanol–water partition coefficient (Wildman–Crippen LogP) is 5.16. The Kier molecular flexibility index (Phi) is 10.2. The highest BCUT2D eigenvalue weighted by molar-refractivity contribution is 5.95. The fourth-order valence-corrected chi connectivity index (χ4v) is 14.7. The third-order valence-corrected chi connectivity index (χ3v) is 17.2. The van der Waals surface area contributed by atoms with Crippen molar-refractivity contribution in [2.45, 2.75) is 118 Å². The van der Waals surface area contributed by atoms with Crippen LogP contribution < -0.4 is 9.64 Å². The molecule has 13 heteroatoms. The van der Waals surface area contributed by atoms with Crippen molar-refractivity contribution in [1.82, 2.24) is 14.8 Å². The number of methoxy groups -OCH3 is 3. The Morgan fingerprint density at radius 1 is 0.921 bits per heavy atom. The number of carbonyl (C=O) groups excluding carboxylic acids is 3. The molecule has 1 spiro atoms. The average Bonchev–Trinajstić information content (AvgIpc) is 4.11. The summed E-state index contributed by atoms with van der Waals surface area (Å²) < 4.78 is 24.6. The zero-order chi connectivity index (χ0) is 44.3. The molecule has 10 rings (SSSR count). The van der Waals surface area contributed by atoms with Crippen LogP contribution in [0.5, 0.6) is 5.75 Å². The van der Waals surface area contributed by atoms with Crippen LogP contribution >= 0.6 is 0 Å². The maximum Gasteiger partial charge on any atom is 0.344 e. The van der Waals surface area contributed by atoms with E-state index in [1.165, 1.54) is 14.2 Å². The highest BCUT2D eigenvalue weighted by Gasteiger charge is 2.80. The molecule has 3 N–H and O–H groups in total. The van der Waals surface area contributed by atoms with E-state index >= 15 is 4.79 Å². The Labute approximate surface area is 370 Å². The van der Waals surface area contributed by atoms with Crippen molar-refractivity contribution in [3.05, 3.63) is 70.9 Å². The van der Waals surface area contributed by atoms with Crippen LogP contribution in [0.25, 0.3) is 10.9 Å². The fourth-order valence-electron chi connectivity index (χ4n) is 14.7. The Morgan fingerprint density at radius 3 is 2.40 bits per heavy atom. The molecule has 10 atom stereocenters. The van der Waals surface area contributed by atoms with Gasteiger partial charge in [-0.2, -0.15) is 0 Å². The summed E-state index contributed by atoms with van der Waals surface area (Å²) in [6, 6.07) is 11.1. The van der Waals surface area contributed by atoms with Gasteiger partial charge in [0.1, 0.15) is 11.2 Å². The van der Waals surface area contributed by atoms with Crippen molar-refractivity contribution in [3.63, 3.8) is 0 Å². The molecule has 63 heavy (non-hydrogen) atoms. The van der Waals surface area contributed by atoms with Gasteiger partial charge in [0.05, 0.1) is 38.9 Å². The number of aromatic nitrogens is 1. The fraction of sp³-hybridized carbons (Fsp3) is 0.620. The molecule has 0 amide bonds. The number of ether oxygens (including phenoxy) is 4. The Hall–Kier alpha value is -4.43. The minimum Gasteiger partial charge on any atom is -0.496 e. The van der Waals surface area contributed by atoms with Crippen LogP contribution in [0.1, 0.15) is 94.0 Å². The number of hydrogen-bond acceptors (Lipinski definition) is 12. The predicted molar refractivity (Wildman–Crippen MR) is 237 cm³/mol. The summed E-state index contributed by atoms with van der Waals surface area (Å²) in [5.41, 5.74) is -1.55. The number of nitrogens with one attached hydrogen (secondary N) is 1. The highest BCUT2D eigenvalue weighted by Crippen LogP contribution is 2.68. The van der Waals surface area contributed by atoms with Crippen molar-refractivity contribution in [2.24, 2.45) is 17.3 Å². The molecule has 2 bridgehead atoms. The first-order valence-corrected chi connectivity index (χ1v) is 23.3. The van der Waals surface area contributed by atoms with Crippen LogP contribution in [0.2, 0.25) is 0 Å². The maximum atomic E-state index is 15.4. The van der Waals surface area contributed by atoms with E-state index in [0.717, 1.165) is 46.3 Å². The number of fused-ring (bicyclic) bond motifs is 6. The van der Waals surface area contributed by atoms with E-state index in [-0.39, 0.29) is 23.8 Å². The standard InChI is InChI=1S/C50H64N4O9/c1-7-46(58)26-30-27-49(44(56)61-5,39-33(18-22-53(28-30)29-46)32-16-11-12-17-36(32)51-39)35-24-34-37(25-38(35)60-4)52(3)42-48(34)20-23-54-21-13-19-47(8-2,41(48)54)43(50(42,59)45(57)62-6)63-40(55)31-14-9-10-15-31/h11-13,16-17,19,24-25,30-31,41-43,51,58-59H,7-10,14-15,18,20-23,26-29H2,1-6H3. The largest absolute Gasteiger partial charge is 0.496 e. The highest BCUT2D eigenvalue weighted by atomic mass is 16.6. The molecule has 338 valence electrons. The first-order valence-electron chi connectivity index (χ1n) is 23.3. The van der Waals surface area contributed by atoms with Gasteiger partial charge in [0.25, 0.3) is 0 Å². The molecule has 2 saturated heterocycles. The first kappa shape index (κ1) is 42.5. The van der Waals surface area contributed by atoms with Gasteiger partial charge < -0.3 is 39.0 Å². The molecule has 10 unspecified atom stereocenters. The minimum atomic E-state index is -2.30. The van der Waals surface area contributed by atoms with Gasteiger partial charge in [0.2, 0.25) is 5.60 Å². The third kappa shape index (κ3) is 5.70. The first-order chi connectivity index (χ1) is 30.3. The van der Waals surface area contributed by atoms with Crippen molar-refractivity contribution in [3.8, 4) is 5.75 Å². The van der Waals surface area contributed by atoms with E-state index in [1.54, 1.807) is 7.11 Å². The molecule has 5 aliphatic heterocycles. The number of aromatic amines is 1. The second kappa shape index (κ2) is 15.1. The topological polar surface area (TPSA) is 154 Å². The van der Waals surface area contributed by atoms with Crippen molar-refractivity contribution in [1.29, 1.82) is 0 Å². The van der Waals surface area contributed by atoms with Crippen molar-refractivity contribution >= 4 is 34.5 Å².